The van der Waals surface area contributed by atoms with Gasteiger partial charge in [-0.3, -0.25) is 4.79 Å². The van der Waals surface area contributed by atoms with Crippen LogP contribution in [0, 0.1) is 18.5 Å². The van der Waals surface area contributed by atoms with Crippen LogP contribution < -0.4 is 4.74 Å². The highest BCUT2D eigenvalue weighted by atomic mass is 127. The molecule has 0 radical (unpaired) electrons. The summed E-state index contributed by atoms with van der Waals surface area (Å²) in [4.78, 5) is 14.2. The predicted molar refractivity (Wildman–Crippen MR) is 124 cm³/mol. The second-order valence-corrected chi connectivity index (χ2v) is 8.49. The molecule has 2 aromatic carbocycles. The van der Waals surface area contributed by atoms with Crippen LogP contribution in [0.2, 0.25) is 0 Å². The fourth-order valence-corrected chi connectivity index (χ4v) is 4.90. The van der Waals surface area contributed by atoms with E-state index in [0.717, 1.165) is 24.0 Å². The Hall–Kier alpha value is -1.64. The number of ether oxygens (including phenoxy) is 2. The molecule has 0 atom stereocenters. The van der Waals surface area contributed by atoms with E-state index in [0.29, 0.717) is 32.9 Å². The number of amides is 1. The number of nitriles is 1. The van der Waals surface area contributed by atoms with Crippen LogP contribution in [0.15, 0.2) is 48.0 Å². The Balaban J connectivity index is 1.77. The molecule has 0 unspecified atom stereocenters. The summed E-state index contributed by atoms with van der Waals surface area (Å²) in [6, 6.07) is 15.9. The molecule has 7 heteroatoms. The number of rotatable bonds is 5. The Morgan fingerprint density at radius 1 is 1.18 bits per heavy atom. The van der Waals surface area contributed by atoms with Crippen molar-refractivity contribution in [2.24, 2.45) is 0 Å². The van der Waals surface area contributed by atoms with Gasteiger partial charge in [0, 0.05) is 13.1 Å². The van der Waals surface area contributed by atoms with Crippen molar-refractivity contribution in [2.45, 2.75) is 6.61 Å². The number of hydrogen-bond donors (Lipinski definition) is 0. The monoisotopic (exact) mass is 600 g/mol. The van der Waals surface area contributed by atoms with Gasteiger partial charge in [0.1, 0.15) is 24.0 Å². The maximum absolute atomic E-state index is 12.6. The van der Waals surface area contributed by atoms with Gasteiger partial charge in [-0.15, -0.1) is 0 Å². The van der Waals surface area contributed by atoms with Gasteiger partial charge in [0.25, 0.3) is 5.91 Å². The number of halogens is 2. The van der Waals surface area contributed by atoms with Crippen LogP contribution in [0.3, 0.4) is 0 Å². The number of hydrogen-bond acceptors (Lipinski definition) is 4. The van der Waals surface area contributed by atoms with Gasteiger partial charge in [0.2, 0.25) is 0 Å². The number of benzene rings is 2. The van der Waals surface area contributed by atoms with Gasteiger partial charge in [-0.05, 0) is 74.5 Å². The molecule has 1 saturated heterocycles. The first-order valence-corrected chi connectivity index (χ1v) is 10.9. The highest BCUT2D eigenvalue weighted by Crippen LogP contribution is 2.30. The first-order valence-electron chi connectivity index (χ1n) is 8.73. The Bertz CT molecular complexity index is 894. The third-order valence-corrected chi connectivity index (χ3v) is 5.81. The topological polar surface area (TPSA) is 62.6 Å². The quantitative estimate of drug-likeness (QED) is 0.293. The van der Waals surface area contributed by atoms with Gasteiger partial charge in [-0.2, -0.15) is 5.26 Å². The third kappa shape index (κ3) is 5.46. The van der Waals surface area contributed by atoms with Crippen molar-refractivity contribution in [3.63, 3.8) is 0 Å². The van der Waals surface area contributed by atoms with Gasteiger partial charge in [0.15, 0.2) is 0 Å². The first-order chi connectivity index (χ1) is 13.6. The van der Waals surface area contributed by atoms with E-state index in [1.165, 1.54) is 0 Å². The van der Waals surface area contributed by atoms with Crippen LogP contribution in [0.5, 0.6) is 5.75 Å². The average Bonchev–Trinajstić information content (AvgIpc) is 2.72. The SMILES string of the molecule is N#C/C(=C/c1cc(I)c(OCc2ccccc2)c(I)c1)C(=O)N1CCOCC1. The zero-order valence-electron chi connectivity index (χ0n) is 15.0. The third-order valence-electron chi connectivity index (χ3n) is 4.21. The molecule has 1 aliphatic rings. The Morgan fingerprint density at radius 2 is 1.82 bits per heavy atom. The summed E-state index contributed by atoms with van der Waals surface area (Å²) >= 11 is 4.44. The summed E-state index contributed by atoms with van der Waals surface area (Å²) in [5, 5.41) is 9.47. The van der Waals surface area contributed by atoms with Crippen molar-refractivity contribution < 1.29 is 14.3 Å². The van der Waals surface area contributed by atoms with E-state index in [-0.39, 0.29) is 11.5 Å². The van der Waals surface area contributed by atoms with Crippen molar-refractivity contribution in [2.75, 3.05) is 26.3 Å². The van der Waals surface area contributed by atoms with Crippen LogP contribution >= 0.6 is 45.2 Å². The summed E-state index contributed by atoms with van der Waals surface area (Å²) in [5.74, 6) is 0.556. The minimum atomic E-state index is -0.250. The van der Waals surface area contributed by atoms with Crippen LogP contribution in [-0.2, 0) is 16.1 Å². The van der Waals surface area contributed by atoms with E-state index in [2.05, 4.69) is 45.2 Å². The fourth-order valence-electron chi connectivity index (χ4n) is 2.78. The molecule has 5 nitrogen and oxygen atoms in total. The molecule has 28 heavy (non-hydrogen) atoms. The molecule has 1 aliphatic heterocycles. The van der Waals surface area contributed by atoms with Crippen molar-refractivity contribution >= 4 is 57.2 Å². The molecular formula is C21H18I2N2O3. The highest BCUT2D eigenvalue weighted by molar-refractivity contribution is 14.1. The van der Waals surface area contributed by atoms with Crippen molar-refractivity contribution in [1.82, 2.24) is 4.90 Å². The molecule has 1 heterocycles. The lowest BCUT2D eigenvalue weighted by Crippen LogP contribution is -2.41. The zero-order valence-corrected chi connectivity index (χ0v) is 19.3. The van der Waals surface area contributed by atoms with Crippen LogP contribution in [-0.4, -0.2) is 37.1 Å². The molecule has 0 aliphatic carbocycles. The van der Waals surface area contributed by atoms with Gasteiger partial charge >= 0.3 is 0 Å². The molecule has 0 aromatic heterocycles. The molecule has 0 bridgehead atoms. The van der Waals surface area contributed by atoms with Gasteiger partial charge in [-0.1, -0.05) is 30.3 Å². The maximum atomic E-state index is 12.6. The lowest BCUT2D eigenvalue weighted by molar-refractivity contribution is -0.130. The molecule has 2 aromatic rings. The maximum Gasteiger partial charge on any atom is 0.264 e. The standard InChI is InChI=1S/C21H18I2N2O3/c22-18-11-16(10-17(13-24)21(26)25-6-8-27-9-7-25)12-19(23)20(18)28-14-15-4-2-1-3-5-15/h1-5,10-12H,6-9,14H2/b17-10-. The molecule has 1 amide bonds. The van der Waals surface area contributed by atoms with Gasteiger partial charge in [0.05, 0.1) is 20.4 Å². The zero-order chi connectivity index (χ0) is 19.9. The van der Waals surface area contributed by atoms with Crippen LogP contribution in [0.4, 0.5) is 0 Å². The van der Waals surface area contributed by atoms with Gasteiger partial charge in [-0.25, -0.2) is 0 Å². The first kappa shape index (κ1) is 21.1. The second-order valence-electron chi connectivity index (χ2n) is 6.16. The summed E-state index contributed by atoms with van der Waals surface area (Å²) in [5.41, 5.74) is 2.03. The average molecular weight is 600 g/mol. The smallest absolute Gasteiger partial charge is 0.264 e. The van der Waals surface area contributed by atoms with E-state index in [4.69, 9.17) is 9.47 Å². The van der Waals surface area contributed by atoms with Crippen molar-refractivity contribution in [1.29, 1.82) is 5.26 Å². The van der Waals surface area contributed by atoms with Crippen molar-refractivity contribution in [3.8, 4) is 11.8 Å². The minimum Gasteiger partial charge on any atom is -0.487 e. The molecular weight excluding hydrogens is 582 g/mol. The van der Waals surface area contributed by atoms with Crippen LogP contribution in [0.1, 0.15) is 11.1 Å². The fraction of sp³-hybridized carbons (Fsp3) is 0.238. The summed E-state index contributed by atoms with van der Waals surface area (Å²) in [7, 11) is 0. The van der Waals surface area contributed by atoms with Crippen LogP contribution in [0.25, 0.3) is 6.08 Å². The Kier molecular flexibility index (Phi) is 7.70. The number of morpholine rings is 1. The molecule has 0 N–H and O–H groups in total. The predicted octanol–water partition coefficient (Wildman–Crippen LogP) is 4.24. The van der Waals surface area contributed by atoms with E-state index in [1.54, 1.807) is 11.0 Å². The number of carbonyl (C=O) groups is 1. The lowest BCUT2D eigenvalue weighted by atomic mass is 10.1. The molecule has 3 rings (SSSR count). The molecule has 144 valence electrons. The van der Waals surface area contributed by atoms with E-state index >= 15 is 0 Å². The molecule has 0 spiro atoms. The van der Waals surface area contributed by atoms with Gasteiger partial charge < -0.3 is 14.4 Å². The Morgan fingerprint density at radius 3 is 2.43 bits per heavy atom. The van der Waals surface area contributed by atoms with E-state index in [1.807, 2.05) is 48.5 Å². The minimum absolute atomic E-state index is 0.131. The largest absolute Gasteiger partial charge is 0.487 e. The number of carbonyl (C=O) groups excluding carboxylic acids is 1. The summed E-state index contributed by atoms with van der Waals surface area (Å²) in [6.07, 6.45) is 1.64. The number of nitrogens with zero attached hydrogens (tertiary/aromatic N) is 2. The Labute approximate surface area is 191 Å². The summed E-state index contributed by atoms with van der Waals surface area (Å²) in [6.45, 7) is 2.53. The summed E-state index contributed by atoms with van der Waals surface area (Å²) < 4.78 is 13.1. The van der Waals surface area contributed by atoms with E-state index < -0.39 is 0 Å². The second kappa shape index (κ2) is 10.2. The highest BCUT2D eigenvalue weighted by Gasteiger charge is 2.21. The van der Waals surface area contributed by atoms with E-state index in [9.17, 15) is 10.1 Å². The normalized spacial score (nSPS) is 14.5. The molecule has 0 saturated carbocycles. The van der Waals surface area contributed by atoms with Crippen molar-refractivity contribution in [3.05, 3.63) is 66.3 Å². The molecule has 1 fully saturated rings. The lowest BCUT2D eigenvalue weighted by Gasteiger charge is -2.26.